The van der Waals surface area contributed by atoms with Crippen molar-refractivity contribution in [3.05, 3.63) is 67.6 Å². The monoisotopic (exact) mass is 417 g/mol. The Bertz CT molecular complexity index is 820. The van der Waals surface area contributed by atoms with Gasteiger partial charge in [0.1, 0.15) is 0 Å². The van der Waals surface area contributed by atoms with Crippen molar-refractivity contribution in [3.8, 4) is 0 Å². The van der Waals surface area contributed by atoms with Crippen LogP contribution in [0, 0.1) is 0 Å². The lowest BCUT2D eigenvalue weighted by Crippen LogP contribution is -2.34. The highest BCUT2D eigenvalue weighted by molar-refractivity contribution is 6.42. The van der Waals surface area contributed by atoms with Gasteiger partial charge in [-0.25, -0.2) is 5.43 Å². The molecule has 0 aliphatic heterocycles. The highest BCUT2D eigenvalue weighted by Gasteiger charge is 2.09. The van der Waals surface area contributed by atoms with E-state index in [1.807, 2.05) is 0 Å². The molecular weight excluding hydrogens is 408 g/mol. The van der Waals surface area contributed by atoms with Gasteiger partial charge < -0.3 is 5.32 Å². The summed E-state index contributed by atoms with van der Waals surface area (Å²) in [4.78, 5) is 23.6. The van der Waals surface area contributed by atoms with Crippen LogP contribution in [0.15, 0.2) is 41.5 Å². The molecule has 0 bridgehead atoms. The minimum Gasteiger partial charge on any atom is -0.343 e. The first-order chi connectivity index (χ1) is 11.9. The molecule has 2 rings (SSSR count). The molecule has 0 aliphatic carbocycles. The van der Waals surface area contributed by atoms with E-state index in [-0.39, 0.29) is 17.1 Å². The zero-order valence-corrected chi connectivity index (χ0v) is 15.5. The molecule has 0 radical (unpaired) electrons. The molecule has 2 aromatic rings. The van der Waals surface area contributed by atoms with E-state index in [1.54, 1.807) is 18.2 Å². The number of rotatable bonds is 5. The second-order valence-corrected chi connectivity index (χ2v) is 6.37. The van der Waals surface area contributed by atoms with Gasteiger partial charge in [0, 0.05) is 11.1 Å². The van der Waals surface area contributed by atoms with Crippen LogP contribution in [0.5, 0.6) is 0 Å². The number of hydrazone groups is 1. The SMILES string of the molecule is O=C(CNC(=O)c1ccc(Cl)c(Cl)c1)NN=Cc1c(Cl)cccc1Cl. The Hall–Kier alpha value is -1.79. The molecule has 9 heteroatoms. The Kier molecular flexibility index (Phi) is 7.08. The summed E-state index contributed by atoms with van der Waals surface area (Å²) in [7, 11) is 0. The number of hydrogen-bond acceptors (Lipinski definition) is 3. The van der Waals surface area contributed by atoms with Gasteiger partial charge in [-0.1, -0.05) is 52.5 Å². The Balaban J connectivity index is 1.87. The summed E-state index contributed by atoms with van der Waals surface area (Å²) in [5.41, 5.74) is 3.03. The standard InChI is InChI=1S/C16H11Cl4N3O2/c17-11-2-1-3-12(18)10(11)7-22-23-15(24)8-21-16(25)9-4-5-13(19)14(20)6-9/h1-7H,8H2,(H,21,25)(H,23,24). The number of nitrogens with one attached hydrogen (secondary N) is 2. The molecule has 0 heterocycles. The molecule has 0 aliphatic rings. The molecule has 0 saturated heterocycles. The van der Waals surface area contributed by atoms with Crippen LogP contribution < -0.4 is 10.7 Å². The molecule has 0 saturated carbocycles. The molecular formula is C16H11Cl4N3O2. The Morgan fingerprint density at radius 3 is 2.28 bits per heavy atom. The van der Waals surface area contributed by atoms with Crippen molar-refractivity contribution in [1.29, 1.82) is 0 Å². The molecule has 0 spiro atoms. The molecule has 2 amide bonds. The molecule has 0 fully saturated rings. The van der Waals surface area contributed by atoms with Crippen LogP contribution in [-0.4, -0.2) is 24.6 Å². The number of halogens is 4. The second-order valence-electron chi connectivity index (χ2n) is 4.74. The van der Waals surface area contributed by atoms with Crippen LogP contribution in [0.1, 0.15) is 15.9 Å². The maximum Gasteiger partial charge on any atom is 0.259 e. The van der Waals surface area contributed by atoms with Crippen molar-refractivity contribution in [2.45, 2.75) is 0 Å². The molecule has 0 atom stereocenters. The quantitative estimate of drug-likeness (QED) is 0.564. The number of hydrogen-bond donors (Lipinski definition) is 2. The van der Waals surface area contributed by atoms with Gasteiger partial charge in [0.25, 0.3) is 11.8 Å². The first-order valence-electron chi connectivity index (χ1n) is 6.87. The van der Waals surface area contributed by atoms with Crippen molar-refractivity contribution >= 4 is 64.4 Å². The predicted octanol–water partition coefficient (Wildman–Crippen LogP) is 4.18. The van der Waals surface area contributed by atoms with Gasteiger partial charge in [-0.3, -0.25) is 9.59 Å². The van der Waals surface area contributed by atoms with E-state index >= 15 is 0 Å². The topological polar surface area (TPSA) is 70.6 Å². The zero-order chi connectivity index (χ0) is 18.4. The number of amides is 2. The second kappa shape index (κ2) is 9.06. The van der Waals surface area contributed by atoms with E-state index in [9.17, 15) is 9.59 Å². The van der Waals surface area contributed by atoms with Crippen LogP contribution in [0.3, 0.4) is 0 Å². The summed E-state index contributed by atoms with van der Waals surface area (Å²) in [5.74, 6) is -0.986. The third-order valence-corrected chi connectivity index (χ3v) is 4.37. The molecule has 0 aromatic heterocycles. The van der Waals surface area contributed by atoms with Crippen LogP contribution in [0.2, 0.25) is 20.1 Å². The molecule has 5 nitrogen and oxygen atoms in total. The van der Waals surface area contributed by atoms with E-state index in [4.69, 9.17) is 46.4 Å². The molecule has 2 aromatic carbocycles. The molecule has 25 heavy (non-hydrogen) atoms. The lowest BCUT2D eigenvalue weighted by molar-refractivity contribution is -0.120. The summed E-state index contributed by atoms with van der Waals surface area (Å²) in [6.45, 7) is -0.271. The molecule has 2 N–H and O–H groups in total. The van der Waals surface area contributed by atoms with Crippen LogP contribution in [-0.2, 0) is 4.79 Å². The van der Waals surface area contributed by atoms with Gasteiger partial charge in [-0.05, 0) is 30.3 Å². The largest absolute Gasteiger partial charge is 0.343 e. The number of carbonyl (C=O) groups is 2. The summed E-state index contributed by atoms with van der Waals surface area (Å²) >= 11 is 23.6. The van der Waals surface area contributed by atoms with Gasteiger partial charge in [0.15, 0.2) is 0 Å². The summed E-state index contributed by atoms with van der Waals surface area (Å²) < 4.78 is 0. The van der Waals surface area contributed by atoms with Crippen molar-refractivity contribution in [1.82, 2.24) is 10.7 Å². The Morgan fingerprint density at radius 2 is 1.64 bits per heavy atom. The van der Waals surface area contributed by atoms with Crippen molar-refractivity contribution in [2.75, 3.05) is 6.54 Å². The van der Waals surface area contributed by atoms with Gasteiger partial charge in [0.05, 0.1) is 32.8 Å². The van der Waals surface area contributed by atoms with E-state index in [1.165, 1.54) is 24.4 Å². The van der Waals surface area contributed by atoms with E-state index in [0.29, 0.717) is 20.6 Å². The first-order valence-corrected chi connectivity index (χ1v) is 8.39. The van der Waals surface area contributed by atoms with E-state index < -0.39 is 11.8 Å². The minimum atomic E-state index is -0.521. The fourth-order valence-electron chi connectivity index (χ4n) is 1.74. The first kappa shape index (κ1) is 19.5. The molecule has 130 valence electrons. The predicted molar refractivity (Wildman–Crippen MR) is 101 cm³/mol. The van der Waals surface area contributed by atoms with Crippen LogP contribution >= 0.6 is 46.4 Å². The third-order valence-electron chi connectivity index (χ3n) is 2.97. The maximum absolute atomic E-state index is 11.9. The third kappa shape index (κ3) is 5.61. The van der Waals surface area contributed by atoms with Crippen molar-refractivity contribution < 1.29 is 9.59 Å². The van der Waals surface area contributed by atoms with Gasteiger partial charge in [0.2, 0.25) is 0 Å². The fourth-order valence-corrected chi connectivity index (χ4v) is 2.54. The average molecular weight is 419 g/mol. The minimum absolute atomic E-state index is 0.250. The summed E-state index contributed by atoms with van der Waals surface area (Å²) in [5, 5.41) is 7.58. The van der Waals surface area contributed by atoms with Gasteiger partial charge in [-0.15, -0.1) is 0 Å². The Morgan fingerprint density at radius 1 is 0.960 bits per heavy atom. The molecule has 0 unspecified atom stereocenters. The summed E-state index contributed by atoms with van der Waals surface area (Å²) in [6.07, 6.45) is 1.32. The smallest absolute Gasteiger partial charge is 0.259 e. The summed E-state index contributed by atoms with van der Waals surface area (Å²) in [6, 6.07) is 9.39. The maximum atomic E-state index is 11.9. The number of nitrogens with zero attached hydrogens (tertiary/aromatic N) is 1. The fraction of sp³-hybridized carbons (Fsp3) is 0.0625. The van der Waals surface area contributed by atoms with Gasteiger partial charge in [-0.2, -0.15) is 5.10 Å². The lowest BCUT2D eigenvalue weighted by atomic mass is 10.2. The lowest BCUT2D eigenvalue weighted by Gasteiger charge is -2.05. The average Bonchev–Trinajstić information content (AvgIpc) is 2.57. The Labute approximate surface area is 163 Å². The van der Waals surface area contributed by atoms with Crippen molar-refractivity contribution in [3.63, 3.8) is 0 Å². The highest BCUT2D eigenvalue weighted by atomic mass is 35.5. The normalized spacial score (nSPS) is 10.7. The van der Waals surface area contributed by atoms with Crippen LogP contribution in [0.25, 0.3) is 0 Å². The number of benzene rings is 2. The van der Waals surface area contributed by atoms with Gasteiger partial charge >= 0.3 is 0 Å². The zero-order valence-electron chi connectivity index (χ0n) is 12.5. The van der Waals surface area contributed by atoms with E-state index in [2.05, 4.69) is 15.8 Å². The highest BCUT2D eigenvalue weighted by Crippen LogP contribution is 2.23. The van der Waals surface area contributed by atoms with Crippen molar-refractivity contribution in [2.24, 2.45) is 5.10 Å². The number of carbonyl (C=O) groups excluding carboxylic acids is 2. The van der Waals surface area contributed by atoms with E-state index in [0.717, 1.165) is 0 Å². The van der Waals surface area contributed by atoms with Crippen LogP contribution in [0.4, 0.5) is 0 Å².